The van der Waals surface area contributed by atoms with E-state index in [2.05, 4.69) is 10.3 Å². The highest BCUT2D eigenvalue weighted by Gasteiger charge is 2.32. The Morgan fingerprint density at radius 3 is 2.61 bits per heavy atom. The molecule has 1 aromatic heterocycles. The Morgan fingerprint density at radius 1 is 1.44 bits per heavy atom. The molecule has 1 N–H and O–H groups in total. The zero-order valence-electron chi connectivity index (χ0n) is 10.2. The van der Waals surface area contributed by atoms with Crippen LogP contribution in [-0.4, -0.2) is 50.0 Å². The Hall–Kier alpha value is -2.18. The van der Waals surface area contributed by atoms with Crippen LogP contribution in [0.25, 0.3) is 0 Å². The number of hydrogen-bond acceptors (Lipinski definition) is 4. The number of rotatable bonds is 3. The summed E-state index contributed by atoms with van der Waals surface area (Å²) in [5.41, 5.74) is 0.876. The monoisotopic (exact) mass is 250 g/mol. The molecule has 1 amide bonds. The summed E-state index contributed by atoms with van der Waals surface area (Å²) in [5.74, 6) is -1.12. The first-order valence-corrected chi connectivity index (χ1v) is 5.56. The van der Waals surface area contributed by atoms with Crippen LogP contribution in [0, 0.1) is 0 Å². The minimum Gasteiger partial charge on any atom is -0.476 e. The molecule has 1 aliphatic rings. The molecule has 0 bridgehead atoms. The zero-order valence-corrected chi connectivity index (χ0v) is 10.2. The lowest BCUT2D eigenvalue weighted by molar-refractivity contribution is -0.131. The smallest absolute Gasteiger partial charge is 0.358 e. The SMILES string of the molecule is CC(C)=CC(=O)N1CC(n2cc(C(=O)O)nn2)C1. The molecule has 1 aromatic rings. The molecule has 96 valence electrons. The van der Waals surface area contributed by atoms with E-state index in [1.54, 1.807) is 11.0 Å². The molecule has 0 atom stereocenters. The van der Waals surface area contributed by atoms with Gasteiger partial charge in [0.05, 0.1) is 12.2 Å². The number of nitrogens with zero attached hydrogens (tertiary/aromatic N) is 4. The Kier molecular flexibility index (Phi) is 3.14. The molecular formula is C11H14N4O3. The van der Waals surface area contributed by atoms with Crippen LogP contribution in [0.4, 0.5) is 0 Å². The average molecular weight is 250 g/mol. The van der Waals surface area contributed by atoms with Gasteiger partial charge in [0.2, 0.25) is 5.91 Å². The van der Waals surface area contributed by atoms with Gasteiger partial charge >= 0.3 is 5.97 Å². The van der Waals surface area contributed by atoms with Crippen LogP contribution in [0.5, 0.6) is 0 Å². The van der Waals surface area contributed by atoms with Crippen molar-refractivity contribution in [2.75, 3.05) is 13.1 Å². The van der Waals surface area contributed by atoms with E-state index in [1.165, 1.54) is 10.9 Å². The van der Waals surface area contributed by atoms with Gasteiger partial charge in [0.1, 0.15) is 0 Å². The quantitative estimate of drug-likeness (QED) is 0.781. The first-order chi connectivity index (χ1) is 8.47. The van der Waals surface area contributed by atoms with Crippen molar-refractivity contribution in [3.63, 3.8) is 0 Å². The fraction of sp³-hybridized carbons (Fsp3) is 0.455. The Morgan fingerprint density at radius 2 is 2.11 bits per heavy atom. The van der Waals surface area contributed by atoms with Gasteiger partial charge < -0.3 is 10.0 Å². The summed E-state index contributed by atoms with van der Waals surface area (Å²) in [4.78, 5) is 24.0. The number of aromatic carboxylic acids is 1. The normalized spacial score (nSPS) is 15.1. The van der Waals surface area contributed by atoms with Crippen LogP contribution in [0.1, 0.15) is 30.4 Å². The highest BCUT2D eigenvalue weighted by atomic mass is 16.4. The number of carboxylic acids is 1. The summed E-state index contributed by atoms with van der Waals surface area (Å²) in [7, 11) is 0. The van der Waals surface area contributed by atoms with Gasteiger partial charge in [0, 0.05) is 19.2 Å². The maximum atomic E-state index is 11.6. The van der Waals surface area contributed by atoms with Gasteiger partial charge in [-0.15, -0.1) is 5.10 Å². The molecule has 7 nitrogen and oxygen atoms in total. The molecule has 2 rings (SSSR count). The van der Waals surface area contributed by atoms with Crippen LogP contribution < -0.4 is 0 Å². The zero-order chi connectivity index (χ0) is 13.3. The lowest BCUT2D eigenvalue weighted by Crippen LogP contribution is -2.50. The Bertz CT molecular complexity index is 510. The average Bonchev–Trinajstić information content (AvgIpc) is 2.62. The number of carbonyl (C=O) groups is 2. The van der Waals surface area contributed by atoms with Crippen molar-refractivity contribution in [1.29, 1.82) is 0 Å². The van der Waals surface area contributed by atoms with E-state index < -0.39 is 5.97 Å². The molecular weight excluding hydrogens is 236 g/mol. The van der Waals surface area contributed by atoms with Gasteiger partial charge in [-0.25, -0.2) is 9.48 Å². The number of carbonyl (C=O) groups excluding carboxylic acids is 1. The maximum Gasteiger partial charge on any atom is 0.358 e. The van der Waals surface area contributed by atoms with E-state index in [0.717, 1.165) is 5.57 Å². The Balaban J connectivity index is 1.94. The highest BCUT2D eigenvalue weighted by molar-refractivity contribution is 5.88. The molecule has 1 aliphatic heterocycles. The molecule has 18 heavy (non-hydrogen) atoms. The third-order valence-electron chi connectivity index (χ3n) is 2.69. The molecule has 0 aromatic carbocycles. The second-order valence-corrected chi connectivity index (χ2v) is 4.51. The summed E-state index contributed by atoms with van der Waals surface area (Å²) in [6.07, 6.45) is 2.97. The number of hydrogen-bond donors (Lipinski definition) is 1. The van der Waals surface area contributed by atoms with Crippen molar-refractivity contribution < 1.29 is 14.7 Å². The number of likely N-dealkylation sites (tertiary alicyclic amines) is 1. The van der Waals surface area contributed by atoms with Gasteiger partial charge in [0.15, 0.2) is 5.69 Å². The number of allylic oxidation sites excluding steroid dienone is 1. The van der Waals surface area contributed by atoms with Gasteiger partial charge in [-0.3, -0.25) is 4.79 Å². The van der Waals surface area contributed by atoms with Gasteiger partial charge in [-0.05, 0) is 13.8 Å². The summed E-state index contributed by atoms with van der Waals surface area (Å²) in [6, 6.07) is 0.0140. The lowest BCUT2D eigenvalue weighted by atomic mass is 10.1. The van der Waals surface area contributed by atoms with Gasteiger partial charge in [-0.2, -0.15) is 0 Å². The fourth-order valence-corrected chi connectivity index (χ4v) is 1.69. The van der Waals surface area contributed by atoms with Gasteiger partial charge in [0.25, 0.3) is 0 Å². The van der Waals surface area contributed by atoms with E-state index in [-0.39, 0.29) is 17.6 Å². The fourth-order valence-electron chi connectivity index (χ4n) is 1.69. The van der Waals surface area contributed by atoms with Crippen molar-refractivity contribution in [2.24, 2.45) is 0 Å². The molecule has 7 heteroatoms. The van der Waals surface area contributed by atoms with Crippen molar-refractivity contribution in [1.82, 2.24) is 19.9 Å². The van der Waals surface area contributed by atoms with Crippen molar-refractivity contribution >= 4 is 11.9 Å². The second-order valence-electron chi connectivity index (χ2n) is 4.51. The number of amides is 1. The predicted octanol–water partition coefficient (Wildman–Crippen LogP) is 0.326. The number of aromatic nitrogens is 3. The standard InChI is InChI=1S/C11H14N4O3/c1-7(2)3-10(16)14-4-8(5-14)15-6-9(11(17)18)12-13-15/h3,6,8H,4-5H2,1-2H3,(H,17,18). The number of carboxylic acid groups (broad SMARTS) is 1. The summed E-state index contributed by atoms with van der Waals surface area (Å²) in [6.45, 7) is 4.80. The lowest BCUT2D eigenvalue weighted by Gasteiger charge is -2.38. The molecule has 0 radical (unpaired) electrons. The minimum absolute atomic E-state index is 0.0140. The van der Waals surface area contributed by atoms with Crippen LogP contribution in [0.3, 0.4) is 0 Å². The molecule has 1 fully saturated rings. The van der Waals surface area contributed by atoms with Crippen LogP contribution >= 0.6 is 0 Å². The molecule has 0 aliphatic carbocycles. The first kappa shape index (κ1) is 12.3. The maximum absolute atomic E-state index is 11.6. The van der Waals surface area contributed by atoms with Crippen molar-refractivity contribution in [2.45, 2.75) is 19.9 Å². The second kappa shape index (κ2) is 4.59. The summed E-state index contributed by atoms with van der Waals surface area (Å²) in [5, 5.41) is 16.0. The summed E-state index contributed by atoms with van der Waals surface area (Å²) < 4.78 is 1.50. The van der Waals surface area contributed by atoms with Crippen LogP contribution in [0.15, 0.2) is 17.8 Å². The van der Waals surface area contributed by atoms with E-state index in [4.69, 9.17) is 5.11 Å². The topological polar surface area (TPSA) is 88.3 Å². The third-order valence-corrected chi connectivity index (χ3v) is 2.69. The third kappa shape index (κ3) is 2.39. The van der Waals surface area contributed by atoms with E-state index in [9.17, 15) is 9.59 Å². The van der Waals surface area contributed by atoms with Crippen molar-refractivity contribution in [3.05, 3.63) is 23.5 Å². The molecule has 0 saturated carbocycles. The summed E-state index contributed by atoms with van der Waals surface area (Å²) >= 11 is 0. The minimum atomic E-state index is -1.10. The molecule has 0 spiro atoms. The molecule has 0 unspecified atom stereocenters. The van der Waals surface area contributed by atoms with Crippen molar-refractivity contribution in [3.8, 4) is 0 Å². The van der Waals surface area contributed by atoms with Crippen LogP contribution in [0.2, 0.25) is 0 Å². The van der Waals surface area contributed by atoms with E-state index in [0.29, 0.717) is 13.1 Å². The molecule has 1 saturated heterocycles. The van der Waals surface area contributed by atoms with Crippen LogP contribution in [-0.2, 0) is 4.79 Å². The first-order valence-electron chi connectivity index (χ1n) is 5.56. The Labute approximate surface area is 104 Å². The van der Waals surface area contributed by atoms with E-state index >= 15 is 0 Å². The molecule has 2 heterocycles. The highest BCUT2D eigenvalue weighted by Crippen LogP contribution is 2.20. The van der Waals surface area contributed by atoms with E-state index in [1.807, 2.05) is 13.8 Å². The van der Waals surface area contributed by atoms with Gasteiger partial charge in [-0.1, -0.05) is 10.8 Å². The predicted molar refractivity (Wildman–Crippen MR) is 62.0 cm³/mol. The largest absolute Gasteiger partial charge is 0.476 e.